The molecule has 0 aromatic heterocycles. The van der Waals surface area contributed by atoms with E-state index in [9.17, 15) is 5.11 Å². The second-order valence-electron chi connectivity index (χ2n) is 4.54. The highest BCUT2D eigenvalue weighted by Gasteiger charge is 2.07. The van der Waals surface area contributed by atoms with Crippen LogP contribution in [0.2, 0.25) is 0 Å². The number of rotatable bonds is 5. The molecule has 2 N–H and O–H groups in total. The average molecular weight is 257 g/mol. The Morgan fingerprint density at radius 2 is 1.89 bits per heavy atom. The fourth-order valence-corrected chi connectivity index (χ4v) is 1.92. The predicted octanol–water partition coefficient (Wildman–Crippen LogP) is 3.15. The molecule has 3 nitrogen and oxygen atoms in total. The number of aryl methyl sites for hydroxylation is 1. The second kappa shape index (κ2) is 6.25. The van der Waals surface area contributed by atoms with Crippen molar-refractivity contribution in [3.63, 3.8) is 0 Å². The molecule has 0 bridgehead atoms. The highest BCUT2D eigenvalue weighted by Crippen LogP contribution is 2.18. The van der Waals surface area contributed by atoms with Gasteiger partial charge in [0, 0.05) is 12.2 Å². The van der Waals surface area contributed by atoms with Crippen LogP contribution >= 0.6 is 0 Å². The number of anilines is 1. The van der Waals surface area contributed by atoms with E-state index in [4.69, 9.17) is 4.74 Å². The highest BCUT2D eigenvalue weighted by atomic mass is 16.5. The standard InChI is InChI=1S/C16H19NO2/c1-12-4-3-5-13(10-12)16(18)11-17-14-6-8-15(19-2)9-7-14/h3-10,16-18H,11H2,1-2H3. The first-order valence-electron chi connectivity index (χ1n) is 6.31. The van der Waals surface area contributed by atoms with Crippen LogP contribution in [0.15, 0.2) is 48.5 Å². The average Bonchev–Trinajstić information content (AvgIpc) is 2.45. The summed E-state index contributed by atoms with van der Waals surface area (Å²) in [6.45, 7) is 2.50. The lowest BCUT2D eigenvalue weighted by Crippen LogP contribution is -2.12. The van der Waals surface area contributed by atoms with Crippen LogP contribution in [0, 0.1) is 6.92 Å². The topological polar surface area (TPSA) is 41.5 Å². The fourth-order valence-electron chi connectivity index (χ4n) is 1.92. The lowest BCUT2D eigenvalue weighted by molar-refractivity contribution is 0.191. The molecule has 0 radical (unpaired) electrons. The van der Waals surface area contributed by atoms with Gasteiger partial charge in [-0.15, -0.1) is 0 Å². The molecule has 0 heterocycles. The largest absolute Gasteiger partial charge is 0.497 e. The van der Waals surface area contributed by atoms with Crippen molar-refractivity contribution in [3.8, 4) is 5.75 Å². The Bertz CT molecular complexity index is 523. The lowest BCUT2D eigenvalue weighted by atomic mass is 10.1. The molecule has 0 fully saturated rings. The zero-order chi connectivity index (χ0) is 13.7. The van der Waals surface area contributed by atoms with Crippen molar-refractivity contribution in [1.29, 1.82) is 0 Å². The van der Waals surface area contributed by atoms with Crippen LogP contribution in [-0.2, 0) is 0 Å². The monoisotopic (exact) mass is 257 g/mol. The molecule has 0 spiro atoms. The molecule has 0 aliphatic heterocycles. The summed E-state index contributed by atoms with van der Waals surface area (Å²) >= 11 is 0. The minimum atomic E-state index is -0.512. The SMILES string of the molecule is COc1ccc(NCC(O)c2cccc(C)c2)cc1. The van der Waals surface area contributed by atoms with Gasteiger partial charge in [0.05, 0.1) is 13.2 Å². The first kappa shape index (κ1) is 13.4. The molecule has 19 heavy (non-hydrogen) atoms. The van der Waals surface area contributed by atoms with Crippen molar-refractivity contribution in [1.82, 2.24) is 0 Å². The van der Waals surface area contributed by atoms with Gasteiger partial charge in [-0.25, -0.2) is 0 Å². The second-order valence-corrected chi connectivity index (χ2v) is 4.54. The maximum absolute atomic E-state index is 10.1. The molecule has 1 atom stereocenters. The van der Waals surface area contributed by atoms with Gasteiger partial charge in [-0.2, -0.15) is 0 Å². The van der Waals surface area contributed by atoms with Crippen molar-refractivity contribution in [2.45, 2.75) is 13.0 Å². The molecule has 2 aromatic carbocycles. The van der Waals surface area contributed by atoms with Gasteiger partial charge < -0.3 is 15.2 Å². The molecule has 0 aliphatic carbocycles. The Morgan fingerprint density at radius 3 is 2.53 bits per heavy atom. The number of aliphatic hydroxyl groups excluding tert-OH is 1. The molecule has 0 aliphatic rings. The Balaban J connectivity index is 1.94. The smallest absolute Gasteiger partial charge is 0.119 e. The van der Waals surface area contributed by atoms with Gasteiger partial charge >= 0.3 is 0 Å². The Kier molecular flexibility index (Phi) is 4.42. The third-order valence-electron chi connectivity index (χ3n) is 3.02. The van der Waals surface area contributed by atoms with Gasteiger partial charge in [0.25, 0.3) is 0 Å². The Labute approximate surface area is 113 Å². The molecule has 0 amide bonds. The van der Waals surface area contributed by atoms with Gasteiger partial charge in [-0.1, -0.05) is 29.8 Å². The zero-order valence-corrected chi connectivity index (χ0v) is 11.3. The van der Waals surface area contributed by atoms with Crippen LogP contribution in [0.3, 0.4) is 0 Å². The highest BCUT2D eigenvalue weighted by molar-refractivity contribution is 5.46. The maximum Gasteiger partial charge on any atom is 0.119 e. The van der Waals surface area contributed by atoms with Crippen LogP contribution in [0.5, 0.6) is 5.75 Å². The Morgan fingerprint density at radius 1 is 1.16 bits per heavy atom. The molecule has 2 rings (SSSR count). The van der Waals surface area contributed by atoms with E-state index in [1.165, 1.54) is 0 Å². The molecule has 0 saturated heterocycles. The molecular formula is C16H19NO2. The maximum atomic E-state index is 10.1. The van der Waals surface area contributed by atoms with Gasteiger partial charge in [0.2, 0.25) is 0 Å². The van der Waals surface area contributed by atoms with Crippen LogP contribution in [0.1, 0.15) is 17.2 Å². The quantitative estimate of drug-likeness (QED) is 0.864. The van der Waals surface area contributed by atoms with Crippen molar-refractivity contribution >= 4 is 5.69 Å². The van der Waals surface area contributed by atoms with Gasteiger partial charge in [-0.3, -0.25) is 0 Å². The fraction of sp³-hybridized carbons (Fsp3) is 0.250. The number of methoxy groups -OCH3 is 1. The summed E-state index contributed by atoms with van der Waals surface area (Å²) in [5, 5.41) is 13.3. The summed E-state index contributed by atoms with van der Waals surface area (Å²) in [6, 6.07) is 15.6. The van der Waals surface area contributed by atoms with E-state index >= 15 is 0 Å². The summed E-state index contributed by atoms with van der Waals surface area (Å²) in [6.07, 6.45) is -0.512. The van der Waals surface area contributed by atoms with Gasteiger partial charge in [-0.05, 0) is 36.8 Å². The number of benzene rings is 2. The number of nitrogens with one attached hydrogen (secondary N) is 1. The third kappa shape index (κ3) is 3.73. The first-order chi connectivity index (χ1) is 9.19. The normalized spacial score (nSPS) is 11.9. The molecule has 3 heteroatoms. The number of hydrogen-bond donors (Lipinski definition) is 2. The van der Waals surface area contributed by atoms with Crippen LogP contribution < -0.4 is 10.1 Å². The first-order valence-corrected chi connectivity index (χ1v) is 6.31. The van der Waals surface area contributed by atoms with E-state index in [0.717, 1.165) is 22.6 Å². The molecule has 0 saturated carbocycles. The van der Waals surface area contributed by atoms with Crippen molar-refractivity contribution in [3.05, 3.63) is 59.7 Å². The summed E-state index contributed by atoms with van der Waals surface area (Å²) in [5.74, 6) is 0.824. The van der Waals surface area contributed by atoms with Crippen LogP contribution in [-0.4, -0.2) is 18.8 Å². The number of hydrogen-bond acceptors (Lipinski definition) is 3. The van der Waals surface area contributed by atoms with E-state index in [0.29, 0.717) is 6.54 Å². The summed E-state index contributed by atoms with van der Waals surface area (Å²) in [7, 11) is 1.64. The van der Waals surface area contributed by atoms with Crippen molar-refractivity contribution < 1.29 is 9.84 Å². The van der Waals surface area contributed by atoms with E-state index in [1.807, 2.05) is 55.5 Å². The minimum Gasteiger partial charge on any atom is -0.497 e. The van der Waals surface area contributed by atoms with E-state index in [-0.39, 0.29) is 0 Å². The van der Waals surface area contributed by atoms with Crippen LogP contribution in [0.25, 0.3) is 0 Å². The predicted molar refractivity (Wildman–Crippen MR) is 77.6 cm³/mol. The summed E-state index contributed by atoms with van der Waals surface area (Å²) < 4.78 is 5.10. The summed E-state index contributed by atoms with van der Waals surface area (Å²) in [4.78, 5) is 0. The van der Waals surface area contributed by atoms with Crippen molar-refractivity contribution in [2.75, 3.05) is 19.0 Å². The van der Waals surface area contributed by atoms with Crippen LogP contribution in [0.4, 0.5) is 5.69 Å². The molecule has 100 valence electrons. The van der Waals surface area contributed by atoms with Gasteiger partial charge in [0.1, 0.15) is 5.75 Å². The number of ether oxygens (including phenoxy) is 1. The summed E-state index contributed by atoms with van der Waals surface area (Å²) in [5.41, 5.74) is 3.05. The van der Waals surface area contributed by atoms with E-state index in [1.54, 1.807) is 7.11 Å². The molecule has 2 aromatic rings. The minimum absolute atomic E-state index is 0.482. The van der Waals surface area contributed by atoms with Gasteiger partial charge in [0.15, 0.2) is 0 Å². The molecule has 1 unspecified atom stereocenters. The Hall–Kier alpha value is -2.00. The zero-order valence-electron chi connectivity index (χ0n) is 11.3. The lowest BCUT2D eigenvalue weighted by Gasteiger charge is -2.14. The van der Waals surface area contributed by atoms with Crippen molar-refractivity contribution in [2.24, 2.45) is 0 Å². The van der Waals surface area contributed by atoms with E-state index < -0.39 is 6.10 Å². The molecular weight excluding hydrogens is 238 g/mol. The number of aliphatic hydroxyl groups is 1. The third-order valence-corrected chi connectivity index (χ3v) is 3.02. The van der Waals surface area contributed by atoms with E-state index in [2.05, 4.69) is 5.32 Å².